The molecule has 0 radical (unpaired) electrons. The van der Waals surface area contributed by atoms with Gasteiger partial charge in [0.2, 0.25) is 0 Å². The molecular formula is C19H18ClN3O3. The summed E-state index contributed by atoms with van der Waals surface area (Å²) >= 11 is 0. The number of nitrogens with zero attached hydrogens (tertiary/aromatic N) is 2. The van der Waals surface area contributed by atoms with Crippen molar-refractivity contribution in [2.24, 2.45) is 0 Å². The fourth-order valence-corrected chi connectivity index (χ4v) is 2.77. The van der Waals surface area contributed by atoms with Crippen molar-refractivity contribution >= 4 is 12.4 Å². The van der Waals surface area contributed by atoms with E-state index in [1.807, 2.05) is 30.3 Å². The van der Waals surface area contributed by atoms with Gasteiger partial charge < -0.3 is 15.6 Å². The Bertz CT molecular complexity index is 1040. The predicted molar refractivity (Wildman–Crippen MR) is 104 cm³/mol. The summed E-state index contributed by atoms with van der Waals surface area (Å²) in [5.74, 6) is 0.803. The van der Waals surface area contributed by atoms with Gasteiger partial charge in [0.25, 0.3) is 5.56 Å². The minimum atomic E-state index is -0.129. The van der Waals surface area contributed by atoms with E-state index in [4.69, 9.17) is 0 Å². The molecule has 2 aliphatic rings. The Kier molecular flexibility index (Phi) is 5.50. The van der Waals surface area contributed by atoms with Gasteiger partial charge in [0.1, 0.15) is 11.4 Å². The molecule has 0 fully saturated rings. The average molecular weight is 372 g/mol. The highest BCUT2D eigenvalue weighted by atomic mass is 35.5. The summed E-state index contributed by atoms with van der Waals surface area (Å²) in [4.78, 5) is 20.2. The van der Waals surface area contributed by atoms with Crippen LogP contribution < -0.4 is 5.56 Å². The Balaban J connectivity index is 0.00000121. The molecule has 6 nitrogen and oxygen atoms in total. The Morgan fingerprint density at radius 2 is 1.65 bits per heavy atom. The topological polar surface area (TPSA) is 102 Å². The molecule has 0 atom stereocenters. The highest BCUT2D eigenvalue weighted by Crippen LogP contribution is 2.28. The molecule has 4 N–H and O–H groups in total. The molecule has 4 rings (SSSR count). The van der Waals surface area contributed by atoms with Crippen molar-refractivity contribution in [3.63, 3.8) is 0 Å². The van der Waals surface area contributed by atoms with Crippen LogP contribution in [0, 0.1) is 6.92 Å². The predicted octanol–water partition coefficient (Wildman–Crippen LogP) is 2.94. The zero-order valence-corrected chi connectivity index (χ0v) is 14.7. The van der Waals surface area contributed by atoms with E-state index < -0.39 is 0 Å². The number of benzene rings is 2. The lowest BCUT2D eigenvalue weighted by atomic mass is 10.1. The number of nitrogens with one attached hydrogen (secondary N) is 1. The van der Waals surface area contributed by atoms with E-state index in [2.05, 4.69) is 9.97 Å². The highest BCUT2D eigenvalue weighted by molar-refractivity contribution is 5.85. The number of hydrogen-bond acceptors (Lipinski definition) is 3. The molecule has 0 spiro atoms. The van der Waals surface area contributed by atoms with Crippen molar-refractivity contribution in [2.45, 2.75) is 6.92 Å². The van der Waals surface area contributed by atoms with Gasteiger partial charge in [0.15, 0.2) is 5.82 Å². The number of rotatable bonds is 2. The van der Waals surface area contributed by atoms with E-state index in [-0.39, 0.29) is 29.2 Å². The van der Waals surface area contributed by atoms with E-state index in [9.17, 15) is 9.90 Å². The van der Waals surface area contributed by atoms with Crippen molar-refractivity contribution < 1.29 is 10.6 Å². The summed E-state index contributed by atoms with van der Waals surface area (Å²) in [6.07, 6.45) is 1.75. The first-order valence-electron chi connectivity index (χ1n) is 7.60. The van der Waals surface area contributed by atoms with Gasteiger partial charge >= 0.3 is 0 Å². The number of phenols is 1. The SMILES string of the molecule is Cc1nc2c(-c3ccccc3)[nH]c(-c3ccc(O)cc3)cn-2c1=O.Cl.O. The molecule has 0 saturated heterocycles. The van der Waals surface area contributed by atoms with Gasteiger partial charge in [-0.2, -0.15) is 0 Å². The number of halogens is 1. The monoisotopic (exact) mass is 371 g/mol. The second kappa shape index (κ2) is 7.43. The second-order valence-electron chi connectivity index (χ2n) is 5.65. The van der Waals surface area contributed by atoms with Crippen LogP contribution in [0.2, 0.25) is 0 Å². The second-order valence-corrected chi connectivity index (χ2v) is 5.65. The molecule has 2 heterocycles. The van der Waals surface area contributed by atoms with Crippen molar-refractivity contribution in [2.75, 3.05) is 0 Å². The largest absolute Gasteiger partial charge is 0.508 e. The third kappa shape index (κ3) is 3.20. The highest BCUT2D eigenvalue weighted by Gasteiger charge is 2.18. The maximum absolute atomic E-state index is 12.4. The average Bonchev–Trinajstić information content (AvgIpc) is 2.90. The number of aromatic hydroxyl groups is 1. The van der Waals surface area contributed by atoms with Crippen LogP contribution in [-0.2, 0) is 0 Å². The van der Waals surface area contributed by atoms with Gasteiger partial charge in [-0.3, -0.25) is 9.36 Å². The zero-order valence-electron chi connectivity index (χ0n) is 13.9. The number of H-pyrrole nitrogens is 1. The molecule has 2 aromatic carbocycles. The lowest BCUT2D eigenvalue weighted by Crippen LogP contribution is -2.15. The standard InChI is InChI=1S/C19H15N3O2.ClH.H2O/c1-12-19(24)22-11-16(13-7-9-15(23)10-8-13)21-17(18(22)20-12)14-5-3-2-4-6-14;;/h2-11,21,23H,1H3;1H;1H2. The molecule has 2 aromatic rings. The molecule has 0 saturated carbocycles. The van der Waals surface area contributed by atoms with Gasteiger partial charge in [0, 0.05) is 11.8 Å². The fraction of sp³-hybridized carbons (Fsp3) is 0.0526. The van der Waals surface area contributed by atoms with E-state index in [0.717, 1.165) is 22.5 Å². The maximum Gasteiger partial charge on any atom is 0.277 e. The summed E-state index contributed by atoms with van der Waals surface area (Å²) in [7, 11) is 0. The van der Waals surface area contributed by atoms with Crippen LogP contribution in [0.4, 0.5) is 0 Å². The van der Waals surface area contributed by atoms with Crippen LogP contribution in [0.15, 0.2) is 65.6 Å². The number of phenolic OH excluding ortho intramolecular Hbond substituents is 1. The van der Waals surface area contributed by atoms with Gasteiger partial charge in [-0.1, -0.05) is 30.3 Å². The van der Waals surface area contributed by atoms with Crippen molar-refractivity contribution in [1.29, 1.82) is 0 Å². The van der Waals surface area contributed by atoms with E-state index in [1.165, 1.54) is 0 Å². The van der Waals surface area contributed by atoms with Crippen LogP contribution in [0.25, 0.3) is 28.3 Å². The maximum atomic E-state index is 12.4. The third-order valence-corrected chi connectivity index (χ3v) is 4.01. The van der Waals surface area contributed by atoms with E-state index in [1.54, 1.807) is 42.0 Å². The number of aryl methyl sites for hydroxylation is 1. The number of aromatic amines is 1. The van der Waals surface area contributed by atoms with Crippen molar-refractivity contribution in [1.82, 2.24) is 14.5 Å². The van der Waals surface area contributed by atoms with Crippen LogP contribution in [0.3, 0.4) is 0 Å². The minimum Gasteiger partial charge on any atom is -0.508 e. The normalized spacial score (nSPS) is 10.2. The van der Waals surface area contributed by atoms with Crippen LogP contribution >= 0.6 is 12.4 Å². The van der Waals surface area contributed by atoms with Crippen molar-refractivity contribution in [3.05, 3.63) is 76.8 Å². The first kappa shape index (κ1) is 19.2. The molecule has 2 aliphatic heterocycles. The summed E-state index contributed by atoms with van der Waals surface area (Å²) in [6, 6.07) is 16.6. The molecule has 0 unspecified atom stereocenters. The Hall–Kier alpha value is -3.09. The van der Waals surface area contributed by atoms with E-state index >= 15 is 0 Å². The first-order chi connectivity index (χ1) is 11.6. The molecule has 7 heteroatoms. The van der Waals surface area contributed by atoms with Gasteiger partial charge in [-0.05, 0) is 36.8 Å². The Morgan fingerprint density at radius 3 is 2.31 bits per heavy atom. The minimum absolute atomic E-state index is 0. The Morgan fingerprint density at radius 1 is 1.00 bits per heavy atom. The molecule has 26 heavy (non-hydrogen) atoms. The lowest BCUT2D eigenvalue weighted by molar-refractivity contribution is 0.475. The van der Waals surface area contributed by atoms with Crippen LogP contribution in [0.1, 0.15) is 5.69 Å². The molecule has 0 aromatic heterocycles. The first-order valence-corrected chi connectivity index (χ1v) is 7.60. The Labute approximate surface area is 155 Å². The lowest BCUT2D eigenvalue weighted by Gasteiger charge is -2.13. The third-order valence-electron chi connectivity index (χ3n) is 4.01. The zero-order chi connectivity index (χ0) is 16.7. The quantitative estimate of drug-likeness (QED) is 0.566. The number of imidazole rings is 1. The smallest absolute Gasteiger partial charge is 0.277 e. The summed E-state index contributed by atoms with van der Waals surface area (Å²) in [5, 5.41) is 9.48. The number of aromatic nitrogens is 3. The number of hydrogen-bond donors (Lipinski definition) is 2. The summed E-state index contributed by atoms with van der Waals surface area (Å²) in [5.41, 5.74) is 3.72. The van der Waals surface area contributed by atoms with Gasteiger partial charge in [0.05, 0.1) is 11.4 Å². The van der Waals surface area contributed by atoms with Crippen LogP contribution in [-0.4, -0.2) is 25.1 Å². The van der Waals surface area contributed by atoms with Crippen LogP contribution in [0.5, 0.6) is 5.75 Å². The van der Waals surface area contributed by atoms with Gasteiger partial charge in [-0.15, -0.1) is 12.4 Å². The number of fused-ring (bicyclic) bond motifs is 1. The summed E-state index contributed by atoms with van der Waals surface area (Å²) in [6.45, 7) is 1.71. The molecular weight excluding hydrogens is 354 g/mol. The van der Waals surface area contributed by atoms with Gasteiger partial charge in [-0.25, -0.2) is 4.98 Å². The fourth-order valence-electron chi connectivity index (χ4n) is 2.77. The summed E-state index contributed by atoms with van der Waals surface area (Å²) < 4.78 is 1.57. The molecule has 0 bridgehead atoms. The molecule has 134 valence electrons. The van der Waals surface area contributed by atoms with E-state index in [0.29, 0.717) is 11.5 Å². The molecule has 0 aliphatic carbocycles. The molecule has 0 amide bonds. The van der Waals surface area contributed by atoms with Crippen molar-refractivity contribution in [3.8, 4) is 34.1 Å².